The van der Waals surface area contributed by atoms with Crippen LogP contribution in [0, 0.1) is 0 Å². The number of hydrogen-bond donors (Lipinski definition) is 4. The number of nitrogens with two attached hydrogens (primary N) is 1. The normalized spacial score (nSPS) is 10.5. The van der Waals surface area contributed by atoms with Crippen LogP contribution < -0.4 is 11.1 Å². The van der Waals surface area contributed by atoms with Crippen LogP contribution in [-0.2, 0) is 9.59 Å². The first-order valence-electron chi connectivity index (χ1n) is 4.44. The van der Waals surface area contributed by atoms with Gasteiger partial charge in [0.1, 0.15) is 6.04 Å². The molecular formula is C8H16N2O5. The Morgan fingerprint density at radius 2 is 1.73 bits per heavy atom. The number of aliphatic carboxylic acids is 2. The zero-order valence-corrected chi connectivity index (χ0v) is 8.69. The van der Waals surface area contributed by atoms with E-state index < -0.39 is 24.0 Å². The average Bonchev–Trinajstić information content (AvgIpc) is 2.14. The lowest BCUT2D eigenvalue weighted by Crippen LogP contribution is -2.43. The SMILES string of the molecule is CC.NC(=O)NC(CCC(=O)O)C(=O)O. The van der Waals surface area contributed by atoms with Gasteiger partial charge in [-0.15, -0.1) is 0 Å². The van der Waals surface area contributed by atoms with Gasteiger partial charge in [0, 0.05) is 6.42 Å². The third-order valence-corrected chi connectivity index (χ3v) is 1.26. The number of nitrogens with one attached hydrogen (secondary N) is 1. The number of hydrogen-bond acceptors (Lipinski definition) is 3. The largest absolute Gasteiger partial charge is 0.481 e. The zero-order chi connectivity index (χ0) is 12.4. The van der Waals surface area contributed by atoms with Crippen molar-refractivity contribution in [1.82, 2.24) is 5.32 Å². The van der Waals surface area contributed by atoms with Crippen molar-refractivity contribution in [2.45, 2.75) is 32.7 Å². The van der Waals surface area contributed by atoms with Crippen LogP contribution in [-0.4, -0.2) is 34.2 Å². The van der Waals surface area contributed by atoms with Crippen LogP contribution in [0.2, 0.25) is 0 Å². The molecule has 7 heteroatoms. The van der Waals surface area contributed by atoms with Gasteiger partial charge in [-0.05, 0) is 6.42 Å². The Kier molecular flexibility index (Phi) is 9.19. The fraction of sp³-hybridized carbons (Fsp3) is 0.625. The lowest BCUT2D eigenvalue weighted by atomic mass is 10.1. The summed E-state index contributed by atoms with van der Waals surface area (Å²) in [6.07, 6.45) is -0.523. The summed E-state index contributed by atoms with van der Waals surface area (Å²) < 4.78 is 0. The van der Waals surface area contributed by atoms with E-state index in [2.05, 4.69) is 5.73 Å². The maximum Gasteiger partial charge on any atom is 0.326 e. The van der Waals surface area contributed by atoms with E-state index in [9.17, 15) is 14.4 Å². The predicted octanol–water partition coefficient (Wildman–Crippen LogP) is -0.00110. The van der Waals surface area contributed by atoms with Gasteiger partial charge < -0.3 is 21.3 Å². The van der Waals surface area contributed by atoms with Crippen LogP contribution in [0.25, 0.3) is 0 Å². The second-order valence-electron chi connectivity index (χ2n) is 2.33. The molecule has 0 bridgehead atoms. The summed E-state index contributed by atoms with van der Waals surface area (Å²) >= 11 is 0. The van der Waals surface area contributed by atoms with Crippen LogP contribution in [0.3, 0.4) is 0 Å². The molecule has 2 amide bonds. The van der Waals surface area contributed by atoms with Gasteiger partial charge >= 0.3 is 18.0 Å². The van der Waals surface area contributed by atoms with Crippen LogP contribution in [0.1, 0.15) is 26.7 Å². The fourth-order valence-corrected chi connectivity index (χ4v) is 0.697. The molecule has 1 unspecified atom stereocenters. The predicted molar refractivity (Wildman–Crippen MR) is 52.4 cm³/mol. The van der Waals surface area contributed by atoms with Crippen molar-refractivity contribution < 1.29 is 24.6 Å². The average molecular weight is 220 g/mol. The maximum absolute atomic E-state index is 10.4. The summed E-state index contributed by atoms with van der Waals surface area (Å²) in [5.74, 6) is -2.43. The van der Waals surface area contributed by atoms with Gasteiger partial charge in [-0.2, -0.15) is 0 Å². The molecule has 0 heterocycles. The minimum absolute atomic E-state index is 0.187. The van der Waals surface area contributed by atoms with Crippen LogP contribution in [0.15, 0.2) is 0 Å². The molecular weight excluding hydrogens is 204 g/mol. The second kappa shape index (κ2) is 8.79. The van der Waals surface area contributed by atoms with Crippen molar-refractivity contribution >= 4 is 18.0 Å². The molecule has 15 heavy (non-hydrogen) atoms. The second-order valence-corrected chi connectivity index (χ2v) is 2.33. The summed E-state index contributed by atoms with van der Waals surface area (Å²) in [7, 11) is 0. The van der Waals surface area contributed by atoms with Gasteiger partial charge in [0.15, 0.2) is 0 Å². The monoisotopic (exact) mass is 220 g/mol. The number of carboxylic acid groups (broad SMARTS) is 2. The summed E-state index contributed by atoms with van der Waals surface area (Å²) in [5.41, 5.74) is 4.68. The van der Waals surface area contributed by atoms with Crippen LogP contribution >= 0.6 is 0 Å². The molecule has 0 aliphatic carbocycles. The third kappa shape index (κ3) is 10.1. The first-order chi connectivity index (χ1) is 6.93. The molecule has 0 saturated carbocycles. The van der Waals surface area contributed by atoms with Gasteiger partial charge in [0.2, 0.25) is 0 Å². The number of carbonyl (C=O) groups is 3. The lowest BCUT2D eigenvalue weighted by Gasteiger charge is -2.10. The quantitative estimate of drug-likeness (QED) is 0.518. The first-order valence-corrected chi connectivity index (χ1v) is 4.44. The van der Waals surface area contributed by atoms with E-state index >= 15 is 0 Å². The number of carbonyl (C=O) groups excluding carboxylic acids is 1. The van der Waals surface area contributed by atoms with Gasteiger partial charge in [-0.1, -0.05) is 13.8 Å². The topological polar surface area (TPSA) is 130 Å². The zero-order valence-electron chi connectivity index (χ0n) is 8.69. The van der Waals surface area contributed by atoms with Crippen molar-refractivity contribution in [3.8, 4) is 0 Å². The Morgan fingerprint density at radius 3 is 2.00 bits per heavy atom. The Bertz CT molecular complexity index is 229. The van der Waals surface area contributed by atoms with E-state index in [0.29, 0.717) is 0 Å². The molecule has 0 rings (SSSR count). The molecule has 5 N–H and O–H groups in total. The van der Waals surface area contributed by atoms with E-state index in [1.54, 1.807) is 0 Å². The molecule has 0 spiro atoms. The Balaban J connectivity index is 0. The molecule has 0 aromatic carbocycles. The summed E-state index contributed by atoms with van der Waals surface area (Å²) in [6, 6.07) is -2.23. The number of primary amides is 1. The molecule has 0 radical (unpaired) electrons. The molecule has 0 aliphatic heterocycles. The van der Waals surface area contributed by atoms with E-state index in [1.807, 2.05) is 19.2 Å². The molecule has 0 aromatic heterocycles. The molecule has 1 atom stereocenters. The van der Waals surface area contributed by atoms with E-state index in [1.165, 1.54) is 0 Å². The number of amides is 2. The highest BCUT2D eigenvalue weighted by molar-refractivity contribution is 5.82. The Labute approximate surface area is 87.3 Å². The minimum Gasteiger partial charge on any atom is -0.481 e. The smallest absolute Gasteiger partial charge is 0.326 e. The standard InChI is InChI=1S/C6H10N2O5.C2H6/c7-6(13)8-3(5(11)12)1-2-4(9)10;1-2/h3H,1-2H2,(H,9,10)(H,11,12)(H3,7,8,13);1-2H3. The van der Waals surface area contributed by atoms with Crippen molar-refractivity contribution in [2.75, 3.05) is 0 Å². The van der Waals surface area contributed by atoms with E-state index in [0.717, 1.165) is 0 Å². The van der Waals surface area contributed by atoms with Crippen LogP contribution in [0.4, 0.5) is 4.79 Å². The van der Waals surface area contributed by atoms with Crippen molar-refractivity contribution in [1.29, 1.82) is 0 Å². The van der Waals surface area contributed by atoms with Gasteiger partial charge in [0.05, 0.1) is 0 Å². The Morgan fingerprint density at radius 1 is 1.27 bits per heavy atom. The first kappa shape index (κ1) is 15.7. The van der Waals surface area contributed by atoms with Crippen molar-refractivity contribution in [3.05, 3.63) is 0 Å². The third-order valence-electron chi connectivity index (χ3n) is 1.26. The van der Waals surface area contributed by atoms with Gasteiger partial charge in [-0.25, -0.2) is 9.59 Å². The number of urea groups is 1. The molecule has 0 fully saturated rings. The molecule has 0 saturated heterocycles. The summed E-state index contributed by atoms with van der Waals surface area (Å²) in [6.45, 7) is 4.00. The van der Waals surface area contributed by atoms with Crippen molar-refractivity contribution in [3.63, 3.8) is 0 Å². The van der Waals surface area contributed by atoms with Crippen LogP contribution in [0.5, 0.6) is 0 Å². The highest BCUT2D eigenvalue weighted by Gasteiger charge is 2.19. The van der Waals surface area contributed by atoms with E-state index in [4.69, 9.17) is 10.2 Å². The van der Waals surface area contributed by atoms with Crippen molar-refractivity contribution in [2.24, 2.45) is 5.73 Å². The number of rotatable bonds is 5. The molecule has 0 aliphatic rings. The summed E-state index contributed by atoms with van der Waals surface area (Å²) in [4.78, 5) is 30.7. The molecule has 88 valence electrons. The lowest BCUT2D eigenvalue weighted by molar-refractivity contribution is -0.140. The minimum atomic E-state index is -1.31. The molecule has 7 nitrogen and oxygen atoms in total. The maximum atomic E-state index is 10.4. The fourth-order valence-electron chi connectivity index (χ4n) is 0.697. The highest BCUT2D eigenvalue weighted by atomic mass is 16.4. The van der Waals surface area contributed by atoms with E-state index in [-0.39, 0.29) is 12.8 Å². The molecule has 0 aromatic rings. The summed E-state index contributed by atoms with van der Waals surface area (Å²) in [5, 5.41) is 18.6. The van der Waals surface area contributed by atoms with Gasteiger partial charge in [0.25, 0.3) is 0 Å². The Hall–Kier alpha value is -1.79. The number of carboxylic acids is 2. The van der Waals surface area contributed by atoms with Gasteiger partial charge in [-0.3, -0.25) is 4.79 Å². The highest BCUT2D eigenvalue weighted by Crippen LogP contribution is 1.97.